The third-order valence-corrected chi connectivity index (χ3v) is 3.68. The fraction of sp³-hybridized carbons (Fsp3) is 0.700. The van der Waals surface area contributed by atoms with Gasteiger partial charge in [-0.15, -0.1) is 48.0 Å². The maximum atomic E-state index is 5.69. The van der Waals surface area contributed by atoms with Crippen LogP contribution in [0.2, 0.25) is 0 Å². The van der Waals surface area contributed by atoms with Gasteiger partial charge in [0.15, 0.2) is 5.17 Å². The zero-order valence-electron chi connectivity index (χ0n) is 9.31. The molecule has 94 valence electrons. The zero-order valence-corrected chi connectivity index (χ0v) is 14.8. The number of nitrogens with two attached hydrogens (primary N) is 1. The molecule has 3 N–H and O–H groups in total. The quantitative estimate of drug-likeness (QED) is 0.629. The van der Waals surface area contributed by atoms with Crippen molar-refractivity contribution in [2.75, 3.05) is 6.54 Å². The minimum absolute atomic E-state index is 0. The highest BCUT2D eigenvalue weighted by Crippen LogP contribution is 2.35. The van der Waals surface area contributed by atoms with E-state index in [1.165, 1.54) is 18.5 Å². The Kier molecular flexibility index (Phi) is 8.65. The van der Waals surface area contributed by atoms with Gasteiger partial charge in [0.05, 0.1) is 10.9 Å². The molecule has 0 aromatic heterocycles. The summed E-state index contributed by atoms with van der Waals surface area (Å²) in [5.74, 6) is 0. The number of hydrogen-bond donors (Lipinski definition) is 2. The molecule has 2 atom stereocenters. The summed E-state index contributed by atoms with van der Waals surface area (Å²) < 4.78 is 0. The first-order chi connectivity index (χ1) is 6.79. The van der Waals surface area contributed by atoms with Crippen LogP contribution >= 0.6 is 59.7 Å². The van der Waals surface area contributed by atoms with E-state index in [9.17, 15) is 0 Å². The zero-order chi connectivity index (χ0) is 9.97. The van der Waals surface area contributed by atoms with Crippen LogP contribution in [0.5, 0.6) is 0 Å². The van der Waals surface area contributed by atoms with Crippen molar-refractivity contribution in [3.63, 3.8) is 0 Å². The van der Waals surface area contributed by atoms with E-state index in [0.717, 1.165) is 18.1 Å². The van der Waals surface area contributed by atoms with Gasteiger partial charge in [0.2, 0.25) is 0 Å². The number of halogens is 2. The van der Waals surface area contributed by atoms with Gasteiger partial charge in [-0.1, -0.05) is 24.8 Å². The molecule has 16 heavy (non-hydrogen) atoms. The Morgan fingerprint density at radius 2 is 2.31 bits per heavy atom. The van der Waals surface area contributed by atoms with Crippen molar-refractivity contribution in [2.24, 2.45) is 10.7 Å². The molecule has 1 aliphatic carbocycles. The van der Waals surface area contributed by atoms with Crippen molar-refractivity contribution in [3.05, 3.63) is 11.8 Å². The van der Waals surface area contributed by atoms with E-state index in [-0.39, 0.29) is 48.0 Å². The minimum Gasteiger partial charge on any atom is -0.378 e. The summed E-state index contributed by atoms with van der Waals surface area (Å²) in [4.78, 5) is 4.32. The maximum absolute atomic E-state index is 5.69. The summed E-state index contributed by atoms with van der Waals surface area (Å²) >= 11 is 1.71. The van der Waals surface area contributed by atoms with Gasteiger partial charge < -0.3 is 11.1 Å². The molecule has 0 radical (unpaired) electrons. The van der Waals surface area contributed by atoms with Crippen LogP contribution in [-0.2, 0) is 0 Å². The van der Waals surface area contributed by atoms with Crippen molar-refractivity contribution >= 4 is 64.9 Å². The van der Waals surface area contributed by atoms with Crippen LogP contribution in [0.15, 0.2) is 16.8 Å². The van der Waals surface area contributed by atoms with E-state index in [1.54, 1.807) is 11.8 Å². The van der Waals surface area contributed by atoms with Gasteiger partial charge in [-0.2, -0.15) is 0 Å². The molecule has 0 amide bonds. The molecule has 0 spiro atoms. The smallest absolute Gasteiger partial charge is 0.159 e. The van der Waals surface area contributed by atoms with Crippen LogP contribution in [0.25, 0.3) is 0 Å². The predicted octanol–water partition coefficient (Wildman–Crippen LogP) is 2.70. The topological polar surface area (TPSA) is 50.4 Å². The van der Waals surface area contributed by atoms with Crippen molar-refractivity contribution in [2.45, 2.75) is 37.5 Å². The van der Waals surface area contributed by atoms with Crippen LogP contribution in [0.3, 0.4) is 0 Å². The molecule has 0 aromatic rings. The van der Waals surface area contributed by atoms with Crippen LogP contribution < -0.4 is 11.1 Å². The second-order valence-corrected chi connectivity index (χ2v) is 5.03. The molecule has 3 nitrogen and oxygen atoms in total. The van der Waals surface area contributed by atoms with Gasteiger partial charge in [0, 0.05) is 6.04 Å². The highest BCUT2D eigenvalue weighted by molar-refractivity contribution is 14.0. The first-order valence-electron chi connectivity index (χ1n) is 5.24. The average molecular weight is 467 g/mol. The number of fused-ring (bicyclic) bond motifs is 1. The third kappa shape index (κ3) is 4.34. The number of nitrogens with zero attached hydrogens (tertiary/aromatic N) is 1. The first-order valence-corrected chi connectivity index (χ1v) is 6.12. The Bertz CT molecular complexity index is 281. The van der Waals surface area contributed by atoms with Gasteiger partial charge in [0.25, 0.3) is 0 Å². The highest BCUT2D eigenvalue weighted by atomic mass is 127. The monoisotopic (exact) mass is 467 g/mol. The van der Waals surface area contributed by atoms with Gasteiger partial charge in [0.1, 0.15) is 0 Å². The lowest BCUT2D eigenvalue weighted by Crippen LogP contribution is -2.34. The molecular weight excluding hydrogens is 448 g/mol. The fourth-order valence-corrected chi connectivity index (χ4v) is 2.96. The van der Waals surface area contributed by atoms with Gasteiger partial charge in [-0.3, -0.25) is 0 Å². The van der Waals surface area contributed by atoms with Crippen LogP contribution in [-0.4, -0.2) is 23.0 Å². The number of nitrogens with one attached hydrogen (secondary N) is 1. The number of hydrogen-bond acceptors (Lipinski definition) is 4. The van der Waals surface area contributed by atoms with E-state index >= 15 is 0 Å². The lowest BCUT2D eigenvalue weighted by Gasteiger charge is -2.24. The Morgan fingerprint density at radius 1 is 1.56 bits per heavy atom. The van der Waals surface area contributed by atoms with E-state index in [2.05, 4.69) is 23.3 Å². The molecular formula is C10H19I2N3S. The summed E-state index contributed by atoms with van der Waals surface area (Å²) in [6, 6.07) is 0.622. The number of amidine groups is 1. The Hall–Kier alpha value is 0.980. The molecule has 0 bridgehead atoms. The SMILES string of the molecule is CCCNC1CC=C2N=C(N)SC2C1.I.I. The summed E-state index contributed by atoms with van der Waals surface area (Å²) in [5.41, 5.74) is 6.89. The van der Waals surface area contributed by atoms with E-state index < -0.39 is 0 Å². The molecule has 0 saturated heterocycles. The second kappa shape index (κ2) is 8.15. The minimum atomic E-state index is 0. The molecule has 0 saturated carbocycles. The standard InChI is InChI=1S/C10H17N3S.2HI/c1-2-5-12-7-3-4-8-9(6-7)14-10(11)13-8;;/h4,7,9,12H,2-3,5-6H2,1H3,(H2,11,13);2*1H. The number of aliphatic imine (C=N–C) groups is 1. The van der Waals surface area contributed by atoms with E-state index in [1.807, 2.05) is 0 Å². The Balaban J connectivity index is 0.00000112. The van der Waals surface area contributed by atoms with Crippen molar-refractivity contribution in [1.82, 2.24) is 5.32 Å². The van der Waals surface area contributed by atoms with Gasteiger partial charge in [-0.05, 0) is 25.8 Å². The molecule has 1 heterocycles. The van der Waals surface area contributed by atoms with E-state index in [4.69, 9.17) is 5.73 Å². The van der Waals surface area contributed by atoms with Crippen molar-refractivity contribution < 1.29 is 0 Å². The normalized spacial score (nSPS) is 27.1. The van der Waals surface area contributed by atoms with Crippen molar-refractivity contribution in [1.29, 1.82) is 0 Å². The first kappa shape index (κ1) is 17.0. The van der Waals surface area contributed by atoms with Crippen molar-refractivity contribution in [3.8, 4) is 0 Å². The second-order valence-electron chi connectivity index (χ2n) is 3.81. The summed E-state index contributed by atoms with van der Waals surface area (Å²) in [6.45, 7) is 3.31. The maximum Gasteiger partial charge on any atom is 0.159 e. The summed E-state index contributed by atoms with van der Waals surface area (Å²) in [6.07, 6.45) is 5.70. The lowest BCUT2D eigenvalue weighted by atomic mass is 9.99. The number of rotatable bonds is 3. The fourth-order valence-electron chi connectivity index (χ4n) is 1.91. The van der Waals surface area contributed by atoms with Crippen LogP contribution in [0, 0.1) is 0 Å². The van der Waals surface area contributed by atoms with Gasteiger partial charge >= 0.3 is 0 Å². The molecule has 0 fully saturated rings. The Labute approximate surface area is 136 Å². The molecule has 1 aliphatic heterocycles. The lowest BCUT2D eigenvalue weighted by molar-refractivity contribution is 0.473. The predicted molar refractivity (Wildman–Crippen MR) is 93.2 cm³/mol. The third-order valence-electron chi connectivity index (χ3n) is 2.63. The van der Waals surface area contributed by atoms with Gasteiger partial charge in [-0.25, -0.2) is 4.99 Å². The summed E-state index contributed by atoms with van der Waals surface area (Å²) in [7, 11) is 0. The largest absolute Gasteiger partial charge is 0.378 e. The molecule has 0 aromatic carbocycles. The van der Waals surface area contributed by atoms with Crippen LogP contribution in [0.4, 0.5) is 0 Å². The molecule has 2 unspecified atom stereocenters. The summed E-state index contributed by atoms with van der Waals surface area (Å²) in [5, 5.41) is 4.79. The van der Waals surface area contributed by atoms with Crippen LogP contribution in [0.1, 0.15) is 26.2 Å². The highest BCUT2D eigenvalue weighted by Gasteiger charge is 2.29. The van der Waals surface area contributed by atoms with E-state index in [0.29, 0.717) is 11.3 Å². The Morgan fingerprint density at radius 3 is 3.00 bits per heavy atom. The number of thioether (sulfide) groups is 1. The molecule has 2 rings (SSSR count). The average Bonchev–Trinajstić information content (AvgIpc) is 2.54. The molecule has 2 aliphatic rings. The molecule has 6 heteroatoms.